The summed E-state index contributed by atoms with van der Waals surface area (Å²) in [5.41, 5.74) is 0.231. The molecule has 0 aliphatic carbocycles. The van der Waals surface area contributed by atoms with Gasteiger partial charge in [0.05, 0.1) is 11.5 Å². The molecular weight excluding hydrogens is 282 g/mol. The minimum Gasteiger partial charge on any atom is -0.462 e. The van der Waals surface area contributed by atoms with Gasteiger partial charge < -0.3 is 9.47 Å². The molecule has 0 N–H and O–H groups in total. The highest BCUT2D eigenvalue weighted by atomic mass is 32.1. The number of rotatable bonds is 5. The van der Waals surface area contributed by atoms with E-state index < -0.39 is 10.9 Å². The number of esters is 1. The second-order valence-corrected chi connectivity index (χ2v) is 4.56. The van der Waals surface area contributed by atoms with Gasteiger partial charge in [0.25, 0.3) is 0 Å². The summed E-state index contributed by atoms with van der Waals surface area (Å²) in [6.07, 6.45) is 0. The van der Waals surface area contributed by atoms with Crippen molar-refractivity contribution in [3.63, 3.8) is 0 Å². The molecule has 0 saturated carbocycles. The molecule has 2 aromatic rings. The molecule has 20 heavy (non-hydrogen) atoms. The normalized spacial score (nSPS) is 10.1. The Bertz CT molecular complexity index is 637. The predicted molar refractivity (Wildman–Crippen MR) is 73.4 cm³/mol. The zero-order valence-corrected chi connectivity index (χ0v) is 11.4. The van der Waals surface area contributed by atoms with Gasteiger partial charge in [0.1, 0.15) is 11.3 Å². The molecule has 0 unspecified atom stereocenters. The molecule has 0 aliphatic rings. The molecule has 0 amide bonds. The number of hydrogen-bond donors (Lipinski definition) is 0. The zero-order valence-electron chi connectivity index (χ0n) is 10.6. The van der Waals surface area contributed by atoms with Gasteiger partial charge in [-0.3, -0.25) is 10.1 Å². The highest BCUT2D eigenvalue weighted by Crippen LogP contribution is 2.37. The van der Waals surface area contributed by atoms with E-state index in [1.807, 2.05) is 0 Å². The predicted octanol–water partition coefficient (Wildman–Crippen LogP) is 3.63. The van der Waals surface area contributed by atoms with Crippen LogP contribution in [-0.2, 0) is 4.74 Å². The van der Waals surface area contributed by atoms with E-state index in [0.717, 1.165) is 11.3 Å². The number of nitro groups is 1. The van der Waals surface area contributed by atoms with Crippen molar-refractivity contribution in [1.82, 2.24) is 0 Å². The molecule has 0 bridgehead atoms. The summed E-state index contributed by atoms with van der Waals surface area (Å²) in [6.45, 7) is 1.94. The molecule has 104 valence electrons. The topological polar surface area (TPSA) is 78.7 Å². The molecule has 0 radical (unpaired) electrons. The minimum absolute atomic E-state index is 0.108. The first kappa shape index (κ1) is 14.0. The molecule has 1 aromatic carbocycles. The van der Waals surface area contributed by atoms with Crippen LogP contribution in [0.4, 0.5) is 5.00 Å². The Morgan fingerprint density at radius 1 is 1.30 bits per heavy atom. The maximum atomic E-state index is 11.8. The molecule has 0 spiro atoms. The third-order valence-electron chi connectivity index (χ3n) is 2.38. The van der Waals surface area contributed by atoms with Crippen molar-refractivity contribution in [3.05, 3.63) is 51.4 Å². The van der Waals surface area contributed by atoms with Crippen molar-refractivity contribution in [3.8, 4) is 11.5 Å². The summed E-state index contributed by atoms with van der Waals surface area (Å²) in [7, 11) is 0. The van der Waals surface area contributed by atoms with Crippen molar-refractivity contribution >= 4 is 22.3 Å². The summed E-state index contributed by atoms with van der Waals surface area (Å²) < 4.78 is 10.4. The van der Waals surface area contributed by atoms with E-state index in [1.54, 1.807) is 36.6 Å². The van der Waals surface area contributed by atoms with E-state index in [0.29, 0.717) is 0 Å². The Kier molecular flexibility index (Phi) is 4.31. The van der Waals surface area contributed by atoms with Crippen LogP contribution in [0.2, 0.25) is 0 Å². The van der Waals surface area contributed by atoms with Gasteiger partial charge in [0, 0.05) is 5.38 Å². The fourth-order valence-corrected chi connectivity index (χ4v) is 2.18. The monoisotopic (exact) mass is 293 g/mol. The van der Waals surface area contributed by atoms with Crippen LogP contribution in [0.15, 0.2) is 35.7 Å². The number of carbonyl (C=O) groups excluding carboxylic acids is 1. The fourth-order valence-electron chi connectivity index (χ4n) is 1.55. The van der Waals surface area contributed by atoms with Crippen LogP contribution in [0.3, 0.4) is 0 Å². The average molecular weight is 293 g/mol. The largest absolute Gasteiger partial charge is 0.462 e. The van der Waals surface area contributed by atoms with E-state index in [4.69, 9.17) is 9.47 Å². The average Bonchev–Trinajstić information content (AvgIpc) is 2.88. The van der Waals surface area contributed by atoms with Crippen LogP contribution < -0.4 is 4.74 Å². The lowest BCUT2D eigenvalue weighted by Gasteiger charge is -2.08. The number of ether oxygens (including phenoxy) is 2. The standard InChI is InChI=1S/C13H11NO5S/c1-2-18-13(15)9-5-3-4-6-10(9)19-11-7-8-20-12(11)14(16)17/h3-8H,2H2,1H3. The number of para-hydroxylation sites is 1. The maximum absolute atomic E-state index is 11.8. The minimum atomic E-state index is -0.527. The van der Waals surface area contributed by atoms with Gasteiger partial charge in [-0.2, -0.15) is 0 Å². The Morgan fingerprint density at radius 2 is 2.05 bits per heavy atom. The summed E-state index contributed by atoms with van der Waals surface area (Å²) in [6, 6.07) is 7.95. The van der Waals surface area contributed by atoms with Crippen LogP contribution in [0, 0.1) is 10.1 Å². The summed E-state index contributed by atoms with van der Waals surface area (Å²) >= 11 is 0.961. The van der Waals surface area contributed by atoms with E-state index in [-0.39, 0.29) is 28.7 Å². The Morgan fingerprint density at radius 3 is 2.75 bits per heavy atom. The lowest BCUT2D eigenvalue weighted by molar-refractivity contribution is -0.380. The number of carbonyl (C=O) groups is 1. The summed E-state index contributed by atoms with van der Waals surface area (Å²) in [5, 5.41) is 12.3. The van der Waals surface area contributed by atoms with E-state index in [1.165, 1.54) is 6.07 Å². The van der Waals surface area contributed by atoms with Crippen molar-refractivity contribution in [1.29, 1.82) is 0 Å². The van der Waals surface area contributed by atoms with Crippen LogP contribution in [0.5, 0.6) is 11.5 Å². The Balaban J connectivity index is 2.32. The quantitative estimate of drug-likeness (QED) is 0.478. The van der Waals surface area contributed by atoms with E-state index in [9.17, 15) is 14.9 Å². The van der Waals surface area contributed by atoms with Gasteiger partial charge in [0.2, 0.25) is 5.75 Å². The fraction of sp³-hybridized carbons (Fsp3) is 0.154. The van der Waals surface area contributed by atoms with Gasteiger partial charge >= 0.3 is 11.0 Å². The molecule has 0 saturated heterocycles. The second-order valence-electron chi connectivity index (χ2n) is 3.67. The molecule has 1 heterocycles. The smallest absolute Gasteiger partial charge is 0.366 e. The van der Waals surface area contributed by atoms with Gasteiger partial charge in [-0.05, 0) is 25.1 Å². The molecular formula is C13H11NO5S. The van der Waals surface area contributed by atoms with E-state index in [2.05, 4.69) is 0 Å². The molecule has 1 aromatic heterocycles. The number of hydrogen-bond acceptors (Lipinski definition) is 6. The Hall–Kier alpha value is -2.41. The third kappa shape index (κ3) is 2.94. The van der Waals surface area contributed by atoms with Crippen LogP contribution in [0.1, 0.15) is 17.3 Å². The lowest BCUT2D eigenvalue weighted by Crippen LogP contribution is -2.06. The molecule has 0 aliphatic heterocycles. The zero-order chi connectivity index (χ0) is 14.5. The van der Waals surface area contributed by atoms with Crippen LogP contribution in [-0.4, -0.2) is 17.5 Å². The van der Waals surface area contributed by atoms with Gasteiger partial charge in [-0.25, -0.2) is 4.79 Å². The summed E-state index contributed by atoms with van der Waals surface area (Å²) in [5.74, 6) is -0.190. The highest BCUT2D eigenvalue weighted by molar-refractivity contribution is 7.13. The first-order valence-electron chi connectivity index (χ1n) is 5.79. The van der Waals surface area contributed by atoms with E-state index >= 15 is 0 Å². The van der Waals surface area contributed by atoms with Gasteiger partial charge in [-0.1, -0.05) is 23.5 Å². The number of nitrogens with zero attached hydrogens (tertiary/aromatic N) is 1. The van der Waals surface area contributed by atoms with Crippen molar-refractivity contribution < 1.29 is 19.2 Å². The summed E-state index contributed by atoms with van der Waals surface area (Å²) in [4.78, 5) is 22.1. The molecule has 6 nitrogen and oxygen atoms in total. The first-order chi connectivity index (χ1) is 9.63. The van der Waals surface area contributed by atoms with Crippen LogP contribution >= 0.6 is 11.3 Å². The SMILES string of the molecule is CCOC(=O)c1ccccc1Oc1ccsc1[N+](=O)[O-]. The second kappa shape index (κ2) is 6.16. The third-order valence-corrected chi connectivity index (χ3v) is 3.22. The molecule has 2 rings (SSSR count). The molecule has 0 fully saturated rings. The highest BCUT2D eigenvalue weighted by Gasteiger charge is 2.20. The first-order valence-corrected chi connectivity index (χ1v) is 6.67. The van der Waals surface area contributed by atoms with Gasteiger partial charge in [0.15, 0.2) is 0 Å². The molecule has 0 atom stereocenters. The molecule has 7 heteroatoms. The van der Waals surface area contributed by atoms with Crippen molar-refractivity contribution in [2.75, 3.05) is 6.61 Å². The lowest BCUT2D eigenvalue weighted by atomic mass is 10.2. The van der Waals surface area contributed by atoms with Gasteiger partial charge in [-0.15, -0.1) is 0 Å². The number of benzene rings is 1. The Labute approximate surface area is 118 Å². The van der Waals surface area contributed by atoms with Crippen LogP contribution in [0.25, 0.3) is 0 Å². The number of thiophene rings is 1. The van der Waals surface area contributed by atoms with Crippen molar-refractivity contribution in [2.45, 2.75) is 6.92 Å². The maximum Gasteiger partial charge on any atom is 0.366 e. The van der Waals surface area contributed by atoms with Crippen molar-refractivity contribution in [2.24, 2.45) is 0 Å².